The van der Waals surface area contributed by atoms with E-state index in [0.29, 0.717) is 0 Å². The third-order valence-corrected chi connectivity index (χ3v) is 4.42. The minimum atomic E-state index is 0.280. The molecule has 0 fully saturated rings. The van der Waals surface area contributed by atoms with Crippen molar-refractivity contribution in [2.24, 2.45) is 0 Å². The fourth-order valence-electron chi connectivity index (χ4n) is 3.20. The SMILES string of the molecule is Cc1ccc(CNC2CCCc3nc(-c4cccnc4)ncc32)o1. The Bertz CT molecular complexity index is 828. The van der Waals surface area contributed by atoms with Crippen molar-refractivity contribution in [3.8, 4) is 11.4 Å². The summed E-state index contributed by atoms with van der Waals surface area (Å²) in [5.74, 6) is 2.66. The molecule has 0 bridgehead atoms. The van der Waals surface area contributed by atoms with Gasteiger partial charge in [-0.1, -0.05) is 0 Å². The Labute approximate surface area is 141 Å². The van der Waals surface area contributed by atoms with Crippen molar-refractivity contribution in [1.29, 1.82) is 0 Å². The van der Waals surface area contributed by atoms with Crippen LogP contribution in [0.2, 0.25) is 0 Å². The van der Waals surface area contributed by atoms with Crippen molar-refractivity contribution in [3.63, 3.8) is 0 Å². The Morgan fingerprint density at radius 3 is 3.00 bits per heavy atom. The van der Waals surface area contributed by atoms with E-state index in [0.717, 1.165) is 54.4 Å². The van der Waals surface area contributed by atoms with Gasteiger partial charge < -0.3 is 9.73 Å². The molecule has 1 N–H and O–H groups in total. The van der Waals surface area contributed by atoms with Gasteiger partial charge in [0.2, 0.25) is 0 Å². The topological polar surface area (TPSA) is 63.8 Å². The lowest BCUT2D eigenvalue weighted by Crippen LogP contribution is -2.25. The van der Waals surface area contributed by atoms with Crippen molar-refractivity contribution in [2.75, 3.05) is 0 Å². The molecule has 0 amide bonds. The van der Waals surface area contributed by atoms with Gasteiger partial charge in [-0.15, -0.1) is 0 Å². The first kappa shape index (κ1) is 15.0. The molecule has 0 saturated carbocycles. The van der Waals surface area contributed by atoms with Crippen LogP contribution in [-0.4, -0.2) is 15.0 Å². The fourth-order valence-corrected chi connectivity index (χ4v) is 3.20. The molecule has 24 heavy (non-hydrogen) atoms. The Morgan fingerprint density at radius 2 is 2.21 bits per heavy atom. The molecule has 1 aliphatic rings. The summed E-state index contributed by atoms with van der Waals surface area (Å²) >= 11 is 0. The quantitative estimate of drug-likeness (QED) is 0.795. The fraction of sp³-hybridized carbons (Fsp3) is 0.316. The normalized spacial score (nSPS) is 16.8. The van der Waals surface area contributed by atoms with Gasteiger partial charge in [-0.25, -0.2) is 9.97 Å². The van der Waals surface area contributed by atoms with Crippen molar-refractivity contribution in [1.82, 2.24) is 20.3 Å². The van der Waals surface area contributed by atoms with Crippen LogP contribution < -0.4 is 5.32 Å². The van der Waals surface area contributed by atoms with Crippen molar-refractivity contribution in [3.05, 3.63) is 65.6 Å². The molecule has 5 heteroatoms. The molecule has 3 aromatic rings. The minimum Gasteiger partial charge on any atom is -0.465 e. The van der Waals surface area contributed by atoms with Crippen LogP contribution in [0, 0.1) is 6.92 Å². The van der Waals surface area contributed by atoms with Crippen molar-refractivity contribution < 1.29 is 4.42 Å². The van der Waals surface area contributed by atoms with Crippen LogP contribution in [-0.2, 0) is 13.0 Å². The molecule has 3 heterocycles. The second-order valence-corrected chi connectivity index (χ2v) is 6.18. The zero-order valence-corrected chi connectivity index (χ0v) is 13.7. The highest BCUT2D eigenvalue weighted by atomic mass is 16.3. The summed E-state index contributed by atoms with van der Waals surface area (Å²) in [6.07, 6.45) is 8.77. The van der Waals surface area contributed by atoms with Crippen molar-refractivity contribution in [2.45, 2.75) is 38.8 Å². The summed E-state index contributed by atoms with van der Waals surface area (Å²) in [5, 5.41) is 3.58. The number of furan rings is 1. The first-order valence-electron chi connectivity index (χ1n) is 8.34. The summed E-state index contributed by atoms with van der Waals surface area (Å²) in [4.78, 5) is 13.5. The highest BCUT2D eigenvalue weighted by Gasteiger charge is 2.22. The zero-order valence-electron chi connectivity index (χ0n) is 13.7. The van der Waals surface area contributed by atoms with E-state index in [9.17, 15) is 0 Å². The zero-order chi connectivity index (χ0) is 16.4. The molecule has 4 rings (SSSR count). The van der Waals surface area contributed by atoms with Gasteiger partial charge in [0, 0.05) is 41.5 Å². The molecule has 3 aromatic heterocycles. The lowest BCUT2D eigenvalue weighted by Gasteiger charge is -2.25. The monoisotopic (exact) mass is 320 g/mol. The number of fused-ring (bicyclic) bond motifs is 1. The standard InChI is InChI=1S/C19H20N4O/c1-13-7-8-15(24-13)11-21-17-5-2-6-18-16(17)12-22-19(23-18)14-4-3-9-20-10-14/h3-4,7-10,12,17,21H,2,5-6,11H2,1H3. The van der Waals surface area contributed by atoms with Crippen molar-refractivity contribution >= 4 is 0 Å². The van der Waals surface area contributed by atoms with Gasteiger partial charge in [-0.2, -0.15) is 0 Å². The van der Waals surface area contributed by atoms with Crippen LogP contribution in [0.15, 0.2) is 47.3 Å². The highest BCUT2D eigenvalue weighted by Crippen LogP contribution is 2.29. The maximum absolute atomic E-state index is 5.64. The molecule has 122 valence electrons. The average molecular weight is 320 g/mol. The summed E-state index contributed by atoms with van der Waals surface area (Å²) in [7, 11) is 0. The maximum atomic E-state index is 5.64. The number of hydrogen-bond donors (Lipinski definition) is 1. The molecule has 1 atom stereocenters. The molecular weight excluding hydrogens is 300 g/mol. The van der Waals surface area contributed by atoms with E-state index < -0.39 is 0 Å². The van der Waals surface area contributed by atoms with Gasteiger partial charge in [0.1, 0.15) is 11.5 Å². The third-order valence-electron chi connectivity index (χ3n) is 4.42. The van der Waals surface area contributed by atoms with Gasteiger partial charge in [-0.3, -0.25) is 4.98 Å². The summed E-state index contributed by atoms with van der Waals surface area (Å²) in [6.45, 7) is 2.69. The van der Waals surface area contributed by atoms with E-state index >= 15 is 0 Å². The van der Waals surface area contributed by atoms with Crippen LogP contribution >= 0.6 is 0 Å². The Kier molecular flexibility index (Phi) is 4.09. The Balaban J connectivity index is 1.54. The lowest BCUT2D eigenvalue weighted by atomic mass is 9.92. The van der Waals surface area contributed by atoms with E-state index in [1.54, 1.807) is 12.4 Å². The maximum Gasteiger partial charge on any atom is 0.160 e. The third kappa shape index (κ3) is 3.08. The summed E-state index contributed by atoms with van der Waals surface area (Å²) < 4.78 is 5.64. The van der Waals surface area contributed by atoms with Gasteiger partial charge in [-0.05, 0) is 50.5 Å². The van der Waals surface area contributed by atoms with Gasteiger partial charge in [0.25, 0.3) is 0 Å². The van der Waals surface area contributed by atoms with Crippen LogP contribution in [0.4, 0.5) is 0 Å². The first-order valence-corrected chi connectivity index (χ1v) is 8.34. The number of aryl methyl sites for hydroxylation is 2. The van der Waals surface area contributed by atoms with Crippen LogP contribution in [0.25, 0.3) is 11.4 Å². The molecule has 0 radical (unpaired) electrons. The van der Waals surface area contributed by atoms with E-state index in [4.69, 9.17) is 9.40 Å². The second kappa shape index (κ2) is 6.53. The molecular formula is C19H20N4O. The van der Waals surface area contributed by atoms with Crippen LogP contribution in [0.1, 0.15) is 41.7 Å². The minimum absolute atomic E-state index is 0.280. The van der Waals surface area contributed by atoms with Gasteiger partial charge in [0.05, 0.1) is 6.54 Å². The smallest absolute Gasteiger partial charge is 0.160 e. The number of rotatable bonds is 4. The van der Waals surface area contributed by atoms with E-state index in [-0.39, 0.29) is 6.04 Å². The van der Waals surface area contributed by atoms with Gasteiger partial charge >= 0.3 is 0 Å². The molecule has 0 saturated heterocycles. The molecule has 0 spiro atoms. The number of aromatic nitrogens is 3. The Hall–Kier alpha value is -2.53. The van der Waals surface area contributed by atoms with Crippen LogP contribution in [0.5, 0.6) is 0 Å². The molecule has 1 aliphatic carbocycles. The number of nitrogens with one attached hydrogen (secondary N) is 1. The summed E-state index contributed by atoms with van der Waals surface area (Å²) in [6, 6.07) is 8.20. The molecule has 0 aromatic carbocycles. The lowest BCUT2D eigenvalue weighted by molar-refractivity contribution is 0.406. The average Bonchev–Trinajstić information content (AvgIpc) is 3.05. The summed E-state index contributed by atoms with van der Waals surface area (Å²) in [5.41, 5.74) is 3.31. The van der Waals surface area contributed by atoms with E-state index in [1.807, 2.05) is 37.4 Å². The number of hydrogen-bond acceptors (Lipinski definition) is 5. The largest absolute Gasteiger partial charge is 0.465 e. The first-order chi connectivity index (χ1) is 11.8. The van der Waals surface area contributed by atoms with Crippen LogP contribution in [0.3, 0.4) is 0 Å². The predicted octanol–water partition coefficient (Wildman–Crippen LogP) is 3.61. The van der Waals surface area contributed by atoms with E-state index in [1.165, 1.54) is 5.56 Å². The second-order valence-electron chi connectivity index (χ2n) is 6.18. The van der Waals surface area contributed by atoms with E-state index in [2.05, 4.69) is 15.3 Å². The molecule has 0 aliphatic heterocycles. The Morgan fingerprint density at radius 1 is 1.25 bits per heavy atom. The molecule has 5 nitrogen and oxygen atoms in total. The number of nitrogens with zero attached hydrogens (tertiary/aromatic N) is 3. The highest BCUT2D eigenvalue weighted by molar-refractivity contribution is 5.53. The molecule has 1 unspecified atom stereocenters. The van der Waals surface area contributed by atoms with Gasteiger partial charge in [0.15, 0.2) is 5.82 Å². The predicted molar refractivity (Wildman–Crippen MR) is 91.2 cm³/mol. The number of pyridine rings is 1.